The summed E-state index contributed by atoms with van der Waals surface area (Å²) in [7, 11) is 19.5. The molecule has 3 saturated heterocycles. The van der Waals surface area contributed by atoms with Crippen molar-refractivity contribution in [1.82, 2.24) is 24.3 Å². The van der Waals surface area contributed by atoms with Gasteiger partial charge in [-0.15, -0.1) is 12.4 Å². The summed E-state index contributed by atoms with van der Waals surface area (Å²) < 4.78 is 2.34. The normalized spacial score (nSPS) is 31.5. The summed E-state index contributed by atoms with van der Waals surface area (Å²) in [6.07, 6.45) is 39.0. The van der Waals surface area contributed by atoms with Crippen molar-refractivity contribution in [3.63, 3.8) is 0 Å². The molecule has 12 aliphatic carbocycles. The van der Waals surface area contributed by atoms with E-state index in [9.17, 15) is 4.79 Å². The number of likely N-dealkylation sites (tertiary alicyclic amines) is 3. The number of nitrogen functional groups attached to an aromatic ring is 1. The zero-order valence-electron chi connectivity index (χ0n) is 76.7. The summed E-state index contributed by atoms with van der Waals surface area (Å²) in [5.74, 6) is 22.4. The number of carbonyl (C=O) groups excluding carboxylic acids is 1. The van der Waals surface area contributed by atoms with Gasteiger partial charge in [0.25, 0.3) is 0 Å². The number of aliphatic hydroxyl groups excluding tert-OH is 1. The number of hydrogen-bond acceptors (Lipinski definition) is 7. The van der Waals surface area contributed by atoms with Gasteiger partial charge in [0.15, 0.2) is 5.78 Å². The molecule has 3 aliphatic heterocycles. The minimum Gasteiger partial charge on any atom is 1.00 e. The van der Waals surface area contributed by atoms with Crippen molar-refractivity contribution in [2.75, 3.05) is 33.2 Å². The van der Waals surface area contributed by atoms with Gasteiger partial charge in [-0.05, 0) is 317 Å². The Hall–Kier alpha value is -1.79. The number of aryl methyl sites for hydroxylation is 5. The van der Waals surface area contributed by atoms with Gasteiger partial charge in [0, 0.05) is 113 Å². The van der Waals surface area contributed by atoms with E-state index in [4.69, 9.17) is 28.0 Å². The fourth-order valence-electron chi connectivity index (χ4n) is 27.6. The smallest absolute Gasteiger partial charge is 1.00 e. The van der Waals surface area contributed by atoms with Crippen LogP contribution in [0, 0.1) is 130 Å². The van der Waals surface area contributed by atoms with Gasteiger partial charge in [0.1, 0.15) is 0 Å². The van der Waals surface area contributed by atoms with Crippen LogP contribution in [0.5, 0.6) is 0 Å². The first-order chi connectivity index (χ1) is 57.2. The number of nitrogens with one attached hydrogen (secondary N) is 2. The third kappa shape index (κ3) is 22.6. The van der Waals surface area contributed by atoms with E-state index in [1.54, 1.807) is 58.3 Å². The first-order valence-corrected chi connectivity index (χ1v) is 65.2. The zero-order chi connectivity index (χ0) is 83.2. The Morgan fingerprint density at radius 3 is 1.37 bits per heavy atom. The summed E-state index contributed by atoms with van der Waals surface area (Å²) in [6.45, 7) is 18.3. The topological polar surface area (TPSA) is 106 Å². The molecule has 15 aliphatic rings. The summed E-state index contributed by atoms with van der Waals surface area (Å²) in [5.41, 5.74) is 23.5. The number of ketones is 1. The van der Waals surface area contributed by atoms with Crippen LogP contribution in [0.4, 0.5) is 5.69 Å². The number of fused-ring (bicyclic) bond motifs is 26. The number of anilines is 1. The molecule has 5 N–H and O–H groups in total. The van der Waals surface area contributed by atoms with Crippen LogP contribution in [0.3, 0.4) is 0 Å². The number of nitrogens with zero attached hydrogens (tertiary/aromatic N) is 4. The Labute approximate surface area is 804 Å². The average Bonchev–Trinajstić information content (AvgIpc) is 1.58. The van der Waals surface area contributed by atoms with E-state index in [1.807, 2.05) is 55.5 Å². The standard InChI is InChI=1S/C18H31N.2C17H29N.C17H15N.C16H13N.C9H8O.C7H10N2.C2H6O.2CH3.3ClH.I3.Li.Zr/c1-11-4-6-13-10-16-15-9-12(2)5-7-17(15)19(3)18(16)14(13)8-11;3*1-11-7-8-16-14(9-11)15-10-12-5-3-4-6-13(12)17(15)18(16)2;1-10-6-7-15-13(8-10)14-9-11-4-2-3-5-12(11)16(14)17-15;10-9-6-5-7-3-1-2-4-8(7)9;1-6-2-4-7(9-8)5-3-6;1-2-3;;;;;;1-3-2;;/h11-18H,4-10H2,1-3H3;2*11-17H,3-10H2,1-2H3;3-9H,10H2,1-2H3;2-8,17H,9H2,1H3;1-4H,5-6H2;2-5,9H,8H2,1H3;3H,2H2,1H3;2*1H3;3*1H;;;/q;;;;;;;;2*-1;;;;-1;+1;+4/p-2. The molecular formula is C105H148Cl3I3LiN7O2Zr. The van der Waals surface area contributed by atoms with Crippen LogP contribution in [0.15, 0.2) is 133 Å². The maximum absolute atomic E-state index is 11.1. The van der Waals surface area contributed by atoms with Gasteiger partial charge in [-0.25, -0.2) is 0 Å². The van der Waals surface area contributed by atoms with Crippen molar-refractivity contribution in [1.29, 1.82) is 0 Å². The number of aromatic amines is 1. The molecule has 0 radical (unpaired) electrons. The monoisotopic (exact) mass is 2120 g/mol. The van der Waals surface area contributed by atoms with Crippen LogP contribution in [0.2, 0.25) is 0 Å². The predicted molar refractivity (Wildman–Crippen MR) is 529 cm³/mol. The van der Waals surface area contributed by atoms with E-state index in [0.717, 1.165) is 161 Å². The van der Waals surface area contributed by atoms with Crippen molar-refractivity contribution in [3.05, 3.63) is 198 Å². The predicted octanol–water partition coefficient (Wildman–Crippen LogP) is 21.7. The number of H-pyrrole nitrogens is 1. The van der Waals surface area contributed by atoms with Crippen LogP contribution in [-0.4, -0.2) is 99.1 Å². The number of halogens is 6. The molecular weight excluding hydrogens is 1980 g/mol. The van der Waals surface area contributed by atoms with Gasteiger partial charge in [-0.3, -0.25) is 25.3 Å². The Balaban J connectivity index is 0.000000147. The SMILES string of the molecule is CC1CCC2C(C1)C1CC3CCC(C)CC3C1N2C.CC1CCC2C(C1)C1CC3CCCCC3C1N2C.CC1CCC2C(C1)C1CC3CCCCC3C1N2C.CCO.Cc1ccc(NN)cc1.Cc1ccc2[nH]c3c(c2c1)Cc1ccccc1-3.Cc1ccc2c(c1)c1c(n2C)-c2ccccc2C1.Cl.I[I-]I.O=C1CCc2ccccc21.[CH3-].[CH3-].[Cl][Zr+2][Cl].[Li+]. The van der Waals surface area contributed by atoms with Crippen LogP contribution in [0.25, 0.3) is 44.3 Å². The Morgan fingerprint density at radius 2 is 0.877 bits per heavy atom. The number of aromatic nitrogens is 2. The van der Waals surface area contributed by atoms with Gasteiger partial charge in [-0.2, -0.15) is 0 Å². The number of rotatable bonds is 1. The average molecular weight is 2130 g/mol. The van der Waals surface area contributed by atoms with Gasteiger partial charge in [0.05, 0.1) is 11.4 Å². The molecule has 0 spiro atoms. The summed E-state index contributed by atoms with van der Waals surface area (Å²) in [5, 5.41) is 10.4. The fraction of sp³-hybridized carbons (Fsp3) is 0.590. The van der Waals surface area contributed by atoms with Gasteiger partial charge >= 0.3 is 107 Å². The first kappa shape index (κ1) is 102. The molecule has 0 bridgehead atoms. The molecule has 22 unspecified atom stereocenters. The Kier molecular flexibility index (Phi) is 39.9. The molecule has 6 aromatic carbocycles. The minimum atomic E-state index is -0.826. The first-order valence-electron chi connectivity index (χ1n) is 46.3. The fourth-order valence-corrected chi connectivity index (χ4v) is 27.6. The third-order valence-corrected chi connectivity index (χ3v) is 32.6. The molecule has 2 aromatic heterocycles. The molecule has 662 valence electrons. The second-order valence-electron chi connectivity index (χ2n) is 39.5. The van der Waals surface area contributed by atoms with E-state index < -0.39 is 20.8 Å². The molecule has 12 fully saturated rings. The molecule has 9 saturated carbocycles. The summed E-state index contributed by atoms with van der Waals surface area (Å²) in [4.78, 5) is 23.2. The minimum absolute atomic E-state index is 0. The van der Waals surface area contributed by atoms with E-state index >= 15 is 0 Å². The van der Waals surface area contributed by atoms with Crippen molar-refractivity contribution in [2.24, 2.45) is 108 Å². The van der Waals surface area contributed by atoms with Crippen LogP contribution >= 0.6 is 66.7 Å². The third-order valence-electron chi connectivity index (χ3n) is 32.6. The van der Waals surface area contributed by atoms with Crippen molar-refractivity contribution < 1.29 is 62.9 Å². The number of benzene rings is 6. The maximum Gasteiger partial charge on any atom is 1.00 e. The number of Topliss-reactive ketones (excluding diaryl/α,β-unsaturated/α-hetero) is 1. The quantitative estimate of drug-likeness (QED) is 0.0427. The Morgan fingerprint density at radius 1 is 0.484 bits per heavy atom. The second kappa shape index (κ2) is 47.5. The van der Waals surface area contributed by atoms with Crippen LogP contribution in [0.1, 0.15) is 244 Å². The molecule has 17 heteroatoms. The number of aliphatic hydroxyl groups is 1. The number of nitrogens with two attached hydrogens (primary N) is 1. The summed E-state index contributed by atoms with van der Waals surface area (Å²) in [6, 6.07) is 52.4. The molecule has 23 rings (SSSR count). The maximum atomic E-state index is 11.1. The van der Waals surface area contributed by atoms with E-state index in [-0.39, 0.29) is 52.7 Å². The molecule has 9 nitrogen and oxygen atoms in total. The van der Waals surface area contributed by atoms with Crippen molar-refractivity contribution in [3.8, 4) is 22.5 Å². The van der Waals surface area contributed by atoms with Gasteiger partial charge in [0.2, 0.25) is 0 Å². The molecule has 0 amide bonds. The molecule has 5 heterocycles. The molecule has 22 atom stereocenters. The van der Waals surface area contributed by atoms with Crippen molar-refractivity contribution >= 4 is 99.9 Å². The number of carbonyl (C=O) groups is 1. The molecule has 8 aromatic rings. The number of hydrazine groups is 1. The number of hydrogen-bond donors (Lipinski definition) is 4. The van der Waals surface area contributed by atoms with Crippen molar-refractivity contribution in [2.45, 2.75) is 265 Å². The van der Waals surface area contributed by atoms with E-state index in [2.05, 4.69) is 222 Å². The Bertz CT molecular complexity index is 4550. The van der Waals surface area contributed by atoms with Gasteiger partial charge < -0.3 is 34.9 Å². The largest absolute Gasteiger partial charge is 1.00 e. The summed E-state index contributed by atoms with van der Waals surface area (Å²) >= 11 is 4.47. The van der Waals surface area contributed by atoms with E-state index in [1.165, 1.54) is 185 Å². The second-order valence-corrected chi connectivity index (χ2v) is 59.5. The van der Waals surface area contributed by atoms with Crippen LogP contribution < -0.4 is 43.4 Å². The van der Waals surface area contributed by atoms with Gasteiger partial charge in [-0.1, -0.05) is 186 Å². The van der Waals surface area contributed by atoms with Crippen LogP contribution in [-0.2, 0) is 47.2 Å². The zero-order valence-corrected chi connectivity index (χ0v) is 88.0. The molecule has 122 heavy (non-hydrogen) atoms. The van der Waals surface area contributed by atoms with E-state index in [0.29, 0.717) is 25.5 Å².